The standard InChI is InChI=1S/C27H29NO6/c1-18(29)28-23-25(31)24(30)22(34-26(23)32)17-33-27(19-11-5-2-6-12-19,20-13-7-3-8-14-20)21-15-9-4-10-16-21/h2-16,22-26,30-32H,17H2,1H3,(H,28,29)/t22?,23-,24+,25?,26+/m0/s1. The Hall–Kier alpha value is -3.07. The fourth-order valence-electron chi connectivity index (χ4n) is 4.45. The number of carbonyl (C=O) groups is 1. The lowest BCUT2D eigenvalue weighted by atomic mass is 9.80. The van der Waals surface area contributed by atoms with Crippen LogP contribution < -0.4 is 5.32 Å². The quantitative estimate of drug-likeness (QED) is 0.399. The molecule has 34 heavy (non-hydrogen) atoms. The summed E-state index contributed by atoms with van der Waals surface area (Å²) in [6.45, 7) is 1.12. The summed E-state index contributed by atoms with van der Waals surface area (Å²) in [4.78, 5) is 11.4. The summed E-state index contributed by atoms with van der Waals surface area (Å²) in [6, 6.07) is 28.0. The maximum absolute atomic E-state index is 11.4. The van der Waals surface area contributed by atoms with Gasteiger partial charge in [0.25, 0.3) is 0 Å². The average molecular weight is 464 g/mol. The molecule has 0 saturated carbocycles. The molecule has 7 heteroatoms. The van der Waals surface area contributed by atoms with Gasteiger partial charge in [0, 0.05) is 6.92 Å². The van der Waals surface area contributed by atoms with Gasteiger partial charge >= 0.3 is 0 Å². The molecule has 7 nitrogen and oxygen atoms in total. The van der Waals surface area contributed by atoms with E-state index in [0.717, 1.165) is 16.7 Å². The van der Waals surface area contributed by atoms with Crippen LogP contribution in [-0.4, -0.2) is 58.5 Å². The summed E-state index contributed by atoms with van der Waals surface area (Å²) in [5, 5.41) is 34.1. The van der Waals surface area contributed by atoms with Crippen molar-refractivity contribution < 1.29 is 29.6 Å². The van der Waals surface area contributed by atoms with E-state index >= 15 is 0 Å². The second-order valence-electron chi connectivity index (χ2n) is 8.36. The third kappa shape index (κ3) is 4.75. The highest BCUT2D eigenvalue weighted by Crippen LogP contribution is 2.41. The minimum Gasteiger partial charge on any atom is -0.388 e. The molecule has 3 aromatic carbocycles. The maximum atomic E-state index is 11.4. The van der Waals surface area contributed by atoms with Gasteiger partial charge in [-0.2, -0.15) is 0 Å². The van der Waals surface area contributed by atoms with E-state index in [0.29, 0.717) is 0 Å². The van der Waals surface area contributed by atoms with E-state index in [1.807, 2.05) is 91.0 Å². The molecule has 1 heterocycles. The van der Waals surface area contributed by atoms with Gasteiger partial charge in [0.05, 0.1) is 6.61 Å². The van der Waals surface area contributed by atoms with Gasteiger partial charge in [0.2, 0.25) is 5.91 Å². The van der Waals surface area contributed by atoms with E-state index < -0.39 is 42.2 Å². The summed E-state index contributed by atoms with van der Waals surface area (Å²) < 4.78 is 12.2. The van der Waals surface area contributed by atoms with Crippen LogP contribution in [-0.2, 0) is 19.9 Å². The monoisotopic (exact) mass is 463 g/mol. The van der Waals surface area contributed by atoms with Crippen molar-refractivity contribution in [1.29, 1.82) is 0 Å². The van der Waals surface area contributed by atoms with Gasteiger partial charge in [0.1, 0.15) is 30.0 Å². The van der Waals surface area contributed by atoms with Crippen LogP contribution in [0.5, 0.6) is 0 Å². The van der Waals surface area contributed by atoms with Crippen molar-refractivity contribution in [3.8, 4) is 0 Å². The molecule has 2 unspecified atom stereocenters. The first-order valence-corrected chi connectivity index (χ1v) is 11.2. The highest BCUT2D eigenvalue weighted by atomic mass is 16.6. The predicted octanol–water partition coefficient (Wildman–Crippen LogP) is 1.94. The zero-order valence-corrected chi connectivity index (χ0v) is 18.8. The first-order chi connectivity index (χ1) is 16.4. The first kappa shape index (κ1) is 24.1. The summed E-state index contributed by atoms with van der Waals surface area (Å²) in [7, 11) is 0. The van der Waals surface area contributed by atoms with E-state index in [9.17, 15) is 20.1 Å². The largest absolute Gasteiger partial charge is 0.388 e. The van der Waals surface area contributed by atoms with Crippen LogP contribution in [0.15, 0.2) is 91.0 Å². The Bertz CT molecular complexity index is 966. The number of nitrogens with one attached hydrogen (secondary N) is 1. The van der Waals surface area contributed by atoms with Crippen LogP contribution >= 0.6 is 0 Å². The van der Waals surface area contributed by atoms with Gasteiger partial charge in [-0.15, -0.1) is 0 Å². The number of aliphatic hydroxyl groups excluding tert-OH is 3. The van der Waals surface area contributed by atoms with Gasteiger partial charge in [-0.25, -0.2) is 0 Å². The van der Waals surface area contributed by atoms with Crippen molar-refractivity contribution in [2.75, 3.05) is 6.61 Å². The van der Waals surface area contributed by atoms with E-state index in [1.165, 1.54) is 6.92 Å². The van der Waals surface area contributed by atoms with Gasteiger partial charge in [-0.3, -0.25) is 4.79 Å². The Morgan fingerprint density at radius 3 is 1.68 bits per heavy atom. The van der Waals surface area contributed by atoms with Crippen LogP contribution in [0.25, 0.3) is 0 Å². The van der Waals surface area contributed by atoms with Crippen LogP contribution in [0.2, 0.25) is 0 Å². The number of rotatable bonds is 7. The normalized spacial score (nSPS) is 25.0. The molecule has 1 aliphatic heterocycles. The second-order valence-corrected chi connectivity index (χ2v) is 8.36. The molecule has 0 aliphatic carbocycles. The highest BCUT2D eigenvalue weighted by Gasteiger charge is 2.46. The van der Waals surface area contributed by atoms with Crippen molar-refractivity contribution in [2.45, 2.75) is 43.2 Å². The fourth-order valence-corrected chi connectivity index (χ4v) is 4.45. The lowest BCUT2D eigenvalue weighted by Crippen LogP contribution is -2.64. The molecule has 0 bridgehead atoms. The molecular formula is C27H29NO6. The number of amides is 1. The molecule has 0 aromatic heterocycles. The predicted molar refractivity (Wildman–Crippen MR) is 126 cm³/mol. The molecule has 1 saturated heterocycles. The van der Waals surface area contributed by atoms with Gasteiger partial charge < -0.3 is 30.1 Å². The second kappa shape index (κ2) is 10.5. The summed E-state index contributed by atoms with van der Waals surface area (Å²) in [6.07, 6.45) is -5.36. The van der Waals surface area contributed by atoms with Crippen LogP contribution in [0.1, 0.15) is 23.6 Å². The Balaban J connectivity index is 1.71. The topological polar surface area (TPSA) is 108 Å². The lowest BCUT2D eigenvalue weighted by Gasteiger charge is -2.43. The van der Waals surface area contributed by atoms with Crippen molar-refractivity contribution >= 4 is 5.91 Å². The molecule has 1 fully saturated rings. The van der Waals surface area contributed by atoms with Crippen molar-refractivity contribution in [2.24, 2.45) is 0 Å². The van der Waals surface area contributed by atoms with Crippen molar-refractivity contribution in [3.63, 3.8) is 0 Å². The van der Waals surface area contributed by atoms with E-state index in [1.54, 1.807) is 0 Å². The summed E-state index contributed by atoms with van der Waals surface area (Å²) in [5.41, 5.74) is 1.57. The van der Waals surface area contributed by atoms with Gasteiger partial charge in [0.15, 0.2) is 6.29 Å². The van der Waals surface area contributed by atoms with Crippen LogP contribution in [0, 0.1) is 0 Å². The molecule has 0 radical (unpaired) electrons. The van der Waals surface area contributed by atoms with Crippen LogP contribution in [0.3, 0.4) is 0 Å². The minimum atomic E-state index is -1.50. The Labute approximate surface area is 198 Å². The molecule has 4 N–H and O–H groups in total. The molecule has 3 aromatic rings. The molecule has 4 rings (SSSR count). The number of aliphatic hydroxyl groups is 3. The zero-order valence-electron chi connectivity index (χ0n) is 18.8. The molecular weight excluding hydrogens is 434 g/mol. The minimum absolute atomic E-state index is 0.138. The number of hydrogen-bond acceptors (Lipinski definition) is 6. The smallest absolute Gasteiger partial charge is 0.217 e. The fraction of sp³-hybridized carbons (Fsp3) is 0.296. The number of hydrogen-bond donors (Lipinski definition) is 4. The number of carbonyl (C=O) groups excluding carboxylic acids is 1. The first-order valence-electron chi connectivity index (χ1n) is 11.2. The van der Waals surface area contributed by atoms with Crippen LogP contribution in [0.4, 0.5) is 0 Å². The van der Waals surface area contributed by atoms with E-state index in [4.69, 9.17) is 9.47 Å². The number of ether oxygens (including phenoxy) is 2. The van der Waals surface area contributed by atoms with E-state index in [-0.39, 0.29) is 6.61 Å². The third-order valence-electron chi connectivity index (χ3n) is 6.10. The molecule has 1 amide bonds. The zero-order chi connectivity index (χ0) is 24.1. The Morgan fingerprint density at radius 1 is 0.824 bits per heavy atom. The molecule has 178 valence electrons. The van der Waals surface area contributed by atoms with Gasteiger partial charge in [-0.1, -0.05) is 91.0 Å². The summed E-state index contributed by atoms with van der Waals surface area (Å²) >= 11 is 0. The highest BCUT2D eigenvalue weighted by molar-refractivity contribution is 5.73. The SMILES string of the molecule is CC(=O)N[C@H]1C(O)[C@H](O)C(COC(c2ccccc2)(c2ccccc2)c2ccccc2)O[C@H]1O. The average Bonchev–Trinajstić information content (AvgIpc) is 2.87. The number of benzene rings is 3. The molecule has 1 aliphatic rings. The van der Waals surface area contributed by atoms with Gasteiger partial charge in [-0.05, 0) is 16.7 Å². The third-order valence-corrected chi connectivity index (χ3v) is 6.10. The Morgan fingerprint density at radius 2 is 1.26 bits per heavy atom. The van der Waals surface area contributed by atoms with Crippen molar-refractivity contribution in [1.82, 2.24) is 5.32 Å². The Kier molecular flexibility index (Phi) is 7.41. The van der Waals surface area contributed by atoms with E-state index in [2.05, 4.69) is 5.32 Å². The maximum Gasteiger partial charge on any atom is 0.217 e. The molecule has 0 spiro atoms. The van der Waals surface area contributed by atoms with Crippen molar-refractivity contribution in [3.05, 3.63) is 108 Å². The summed E-state index contributed by atoms with van der Waals surface area (Å²) in [5.74, 6) is -0.454. The molecule has 5 atom stereocenters. The lowest BCUT2D eigenvalue weighted by molar-refractivity contribution is -0.261.